The zero-order chi connectivity index (χ0) is 6.69. The zero-order valence-corrected chi connectivity index (χ0v) is 5.55. The van der Waals surface area contributed by atoms with E-state index in [9.17, 15) is 0 Å². The Morgan fingerprint density at radius 1 is 1.44 bits per heavy atom. The molecule has 2 nitrogen and oxygen atoms in total. The van der Waals surface area contributed by atoms with E-state index in [2.05, 4.69) is 6.92 Å². The third kappa shape index (κ3) is 1.95. The topological polar surface area (TPSA) is 32.8 Å². The molecular formula is C7H13O2. The molecule has 1 fully saturated rings. The van der Waals surface area contributed by atoms with Gasteiger partial charge in [0, 0.05) is 0 Å². The Morgan fingerprint density at radius 2 is 2.22 bits per heavy atom. The molecule has 53 valence electrons. The molecule has 1 rings (SSSR count). The predicted molar refractivity (Wildman–Crippen MR) is 35.0 cm³/mol. The Bertz CT molecular complexity index is 83.0. The summed E-state index contributed by atoms with van der Waals surface area (Å²) < 4.78 is 5.09. The highest BCUT2D eigenvalue weighted by atomic mass is 16.6. The number of unbranched alkanes of at least 4 members (excludes halogenated alkanes) is 1. The van der Waals surface area contributed by atoms with Crippen molar-refractivity contribution in [2.24, 2.45) is 0 Å². The highest BCUT2D eigenvalue weighted by Crippen LogP contribution is 2.25. The minimum absolute atomic E-state index is 0.150. The Labute approximate surface area is 55.8 Å². The van der Waals surface area contributed by atoms with Crippen molar-refractivity contribution >= 4 is 0 Å². The van der Waals surface area contributed by atoms with Gasteiger partial charge in [0.05, 0.1) is 12.7 Å². The molecule has 1 N–H and O–H groups in total. The van der Waals surface area contributed by atoms with Crippen molar-refractivity contribution in [3.05, 3.63) is 6.92 Å². The Morgan fingerprint density at radius 3 is 2.67 bits per heavy atom. The minimum Gasteiger partial charge on any atom is -0.394 e. The molecule has 1 heterocycles. The number of epoxide rings is 1. The van der Waals surface area contributed by atoms with Crippen molar-refractivity contribution in [3.63, 3.8) is 0 Å². The molecule has 1 saturated heterocycles. The molecule has 0 aromatic rings. The smallest absolute Gasteiger partial charge is 0.107 e. The van der Waals surface area contributed by atoms with Gasteiger partial charge in [-0.3, -0.25) is 0 Å². The third-order valence-electron chi connectivity index (χ3n) is 1.61. The van der Waals surface area contributed by atoms with Crippen LogP contribution in [0.1, 0.15) is 19.3 Å². The van der Waals surface area contributed by atoms with Gasteiger partial charge in [-0.05, 0) is 6.42 Å². The maximum absolute atomic E-state index is 8.54. The molecule has 1 radical (unpaired) electrons. The van der Waals surface area contributed by atoms with Crippen LogP contribution >= 0.6 is 0 Å². The fraction of sp³-hybridized carbons (Fsp3) is 0.857. The summed E-state index contributed by atoms with van der Waals surface area (Å²) in [7, 11) is 0. The van der Waals surface area contributed by atoms with Crippen LogP contribution in [0.5, 0.6) is 0 Å². The summed E-state index contributed by atoms with van der Waals surface area (Å²) >= 11 is 0. The SMILES string of the molecule is [CH2]CCCC1OC1CO. The molecule has 0 aliphatic carbocycles. The summed E-state index contributed by atoms with van der Waals surface area (Å²) in [4.78, 5) is 0. The Kier molecular flexibility index (Phi) is 2.49. The van der Waals surface area contributed by atoms with Gasteiger partial charge < -0.3 is 9.84 Å². The van der Waals surface area contributed by atoms with Gasteiger partial charge >= 0.3 is 0 Å². The summed E-state index contributed by atoms with van der Waals surface area (Å²) in [5.74, 6) is 0. The van der Waals surface area contributed by atoms with Crippen molar-refractivity contribution in [3.8, 4) is 0 Å². The van der Waals surface area contributed by atoms with Gasteiger partial charge in [0.15, 0.2) is 0 Å². The summed E-state index contributed by atoms with van der Waals surface area (Å²) in [6.07, 6.45) is 3.64. The van der Waals surface area contributed by atoms with Crippen LogP contribution in [0.25, 0.3) is 0 Å². The van der Waals surface area contributed by atoms with Gasteiger partial charge in [-0.15, -0.1) is 0 Å². The van der Waals surface area contributed by atoms with Crippen LogP contribution in [0, 0.1) is 6.92 Å². The standard InChI is InChI=1S/C7H13O2/c1-2-3-4-6-7(5-8)9-6/h6-8H,1-5H2. The van der Waals surface area contributed by atoms with Gasteiger partial charge in [0.2, 0.25) is 0 Å². The largest absolute Gasteiger partial charge is 0.394 e. The average molecular weight is 129 g/mol. The number of hydrogen-bond donors (Lipinski definition) is 1. The molecular weight excluding hydrogens is 116 g/mol. The van der Waals surface area contributed by atoms with Crippen molar-refractivity contribution in [1.29, 1.82) is 0 Å². The number of rotatable bonds is 4. The first-order valence-corrected chi connectivity index (χ1v) is 3.44. The van der Waals surface area contributed by atoms with E-state index in [0.717, 1.165) is 19.3 Å². The lowest BCUT2D eigenvalue weighted by Gasteiger charge is -1.88. The maximum Gasteiger partial charge on any atom is 0.107 e. The van der Waals surface area contributed by atoms with Crippen LogP contribution in [0.2, 0.25) is 0 Å². The van der Waals surface area contributed by atoms with Crippen LogP contribution in [0.3, 0.4) is 0 Å². The van der Waals surface area contributed by atoms with E-state index in [0.29, 0.717) is 6.10 Å². The Hall–Kier alpha value is -0.0800. The lowest BCUT2D eigenvalue weighted by Crippen LogP contribution is -1.98. The second kappa shape index (κ2) is 3.18. The highest BCUT2D eigenvalue weighted by molar-refractivity contribution is 4.83. The first-order valence-electron chi connectivity index (χ1n) is 3.44. The van der Waals surface area contributed by atoms with Crippen molar-refractivity contribution < 1.29 is 9.84 Å². The summed E-state index contributed by atoms with van der Waals surface area (Å²) in [5.41, 5.74) is 0. The van der Waals surface area contributed by atoms with E-state index in [1.165, 1.54) is 0 Å². The molecule has 0 bridgehead atoms. The summed E-state index contributed by atoms with van der Waals surface area (Å²) in [5, 5.41) is 8.54. The van der Waals surface area contributed by atoms with Gasteiger partial charge in [-0.25, -0.2) is 0 Å². The first-order chi connectivity index (χ1) is 4.38. The lowest BCUT2D eigenvalue weighted by atomic mass is 10.2. The predicted octanol–water partition coefficient (Wildman–Crippen LogP) is 0.750. The zero-order valence-electron chi connectivity index (χ0n) is 5.55. The van der Waals surface area contributed by atoms with Crippen LogP contribution in [-0.4, -0.2) is 23.9 Å². The molecule has 2 heteroatoms. The molecule has 2 atom stereocenters. The fourth-order valence-electron chi connectivity index (χ4n) is 0.939. The second-order valence-corrected chi connectivity index (χ2v) is 2.39. The first kappa shape index (κ1) is 7.03. The molecule has 1 aliphatic rings. The van der Waals surface area contributed by atoms with E-state index in [1.807, 2.05) is 0 Å². The molecule has 0 spiro atoms. The fourth-order valence-corrected chi connectivity index (χ4v) is 0.939. The quantitative estimate of drug-likeness (QED) is 0.568. The van der Waals surface area contributed by atoms with Gasteiger partial charge in [0.25, 0.3) is 0 Å². The van der Waals surface area contributed by atoms with Crippen LogP contribution in [-0.2, 0) is 4.74 Å². The number of hydrogen-bond acceptors (Lipinski definition) is 2. The minimum atomic E-state index is 0.150. The van der Waals surface area contributed by atoms with E-state index in [1.54, 1.807) is 0 Å². The van der Waals surface area contributed by atoms with E-state index in [4.69, 9.17) is 9.84 Å². The third-order valence-corrected chi connectivity index (χ3v) is 1.61. The summed E-state index contributed by atoms with van der Waals surface area (Å²) in [6.45, 7) is 3.90. The normalized spacial score (nSPS) is 32.7. The number of aliphatic hydroxyl groups is 1. The van der Waals surface area contributed by atoms with E-state index >= 15 is 0 Å². The molecule has 0 aromatic heterocycles. The number of aliphatic hydroxyl groups excluding tert-OH is 1. The highest BCUT2D eigenvalue weighted by Gasteiger charge is 2.36. The van der Waals surface area contributed by atoms with Crippen molar-refractivity contribution in [1.82, 2.24) is 0 Å². The van der Waals surface area contributed by atoms with Crippen LogP contribution in [0.15, 0.2) is 0 Å². The number of ether oxygens (including phenoxy) is 1. The molecule has 0 aromatic carbocycles. The average Bonchev–Trinajstić information content (AvgIpc) is 2.62. The van der Waals surface area contributed by atoms with Gasteiger partial charge in [0.1, 0.15) is 6.10 Å². The maximum atomic E-state index is 8.54. The molecule has 0 amide bonds. The van der Waals surface area contributed by atoms with Crippen LogP contribution < -0.4 is 0 Å². The molecule has 1 aliphatic heterocycles. The molecule has 0 saturated carbocycles. The van der Waals surface area contributed by atoms with Gasteiger partial charge in [-0.1, -0.05) is 19.8 Å². The lowest BCUT2D eigenvalue weighted by molar-refractivity contribution is 0.241. The monoisotopic (exact) mass is 129 g/mol. The molecule has 2 unspecified atom stereocenters. The van der Waals surface area contributed by atoms with Gasteiger partial charge in [-0.2, -0.15) is 0 Å². The van der Waals surface area contributed by atoms with E-state index < -0.39 is 0 Å². The van der Waals surface area contributed by atoms with Crippen LogP contribution in [0.4, 0.5) is 0 Å². The Balaban J connectivity index is 1.92. The molecule has 9 heavy (non-hydrogen) atoms. The van der Waals surface area contributed by atoms with Crippen molar-refractivity contribution in [2.75, 3.05) is 6.61 Å². The van der Waals surface area contributed by atoms with Crippen molar-refractivity contribution in [2.45, 2.75) is 31.5 Å². The van der Waals surface area contributed by atoms with E-state index in [-0.39, 0.29) is 12.7 Å². The summed E-state index contributed by atoms with van der Waals surface area (Å²) in [6, 6.07) is 0. The second-order valence-electron chi connectivity index (χ2n) is 2.39.